The van der Waals surface area contributed by atoms with E-state index in [4.69, 9.17) is 4.74 Å². The normalized spacial score (nSPS) is 19.7. The van der Waals surface area contributed by atoms with E-state index in [9.17, 15) is 9.90 Å². The van der Waals surface area contributed by atoms with Crippen molar-refractivity contribution in [3.8, 4) is 0 Å². The van der Waals surface area contributed by atoms with Gasteiger partial charge in [0.1, 0.15) is 6.61 Å². The summed E-state index contributed by atoms with van der Waals surface area (Å²) in [6.07, 6.45) is 2.11. The molecule has 0 radical (unpaired) electrons. The van der Waals surface area contributed by atoms with Gasteiger partial charge in [-0.1, -0.05) is 54.6 Å². The third-order valence-corrected chi connectivity index (χ3v) is 4.41. The van der Waals surface area contributed by atoms with Gasteiger partial charge < -0.3 is 15.2 Å². The van der Waals surface area contributed by atoms with Crippen LogP contribution < -0.4 is 5.32 Å². The predicted molar refractivity (Wildman–Crippen MR) is 87.9 cm³/mol. The molecule has 0 spiro atoms. The van der Waals surface area contributed by atoms with Crippen molar-refractivity contribution >= 4 is 6.09 Å². The van der Waals surface area contributed by atoms with Gasteiger partial charge in [0.05, 0.1) is 12.1 Å². The number of rotatable bonds is 4. The molecule has 23 heavy (non-hydrogen) atoms. The molecule has 0 aliphatic heterocycles. The Morgan fingerprint density at radius 1 is 1.13 bits per heavy atom. The molecule has 0 aromatic heterocycles. The summed E-state index contributed by atoms with van der Waals surface area (Å²) in [6.45, 7) is 0.0836. The molecule has 120 valence electrons. The number of carbonyl (C=O) groups is 1. The van der Waals surface area contributed by atoms with Gasteiger partial charge in [-0.3, -0.25) is 0 Å². The molecule has 0 heterocycles. The van der Waals surface area contributed by atoms with Crippen molar-refractivity contribution in [1.29, 1.82) is 0 Å². The van der Waals surface area contributed by atoms with Gasteiger partial charge >= 0.3 is 6.09 Å². The first-order chi connectivity index (χ1) is 11.2. The average molecular weight is 311 g/mol. The molecule has 1 atom stereocenters. The molecule has 0 bridgehead atoms. The monoisotopic (exact) mass is 311 g/mol. The van der Waals surface area contributed by atoms with E-state index in [1.807, 2.05) is 48.5 Å². The Hall–Kier alpha value is -2.33. The fourth-order valence-corrected chi connectivity index (χ4v) is 3.21. The van der Waals surface area contributed by atoms with Crippen molar-refractivity contribution in [2.75, 3.05) is 6.61 Å². The fourth-order valence-electron chi connectivity index (χ4n) is 3.21. The van der Waals surface area contributed by atoms with E-state index in [1.165, 1.54) is 5.56 Å². The molecule has 2 aromatic carbocycles. The number of hydrogen-bond donors (Lipinski definition) is 2. The van der Waals surface area contributed by atoms with Crippen LogP contribution in [0.4, 0.5) is 4.79 Å². The van der Waals surface area contributed by atoms with Crippen molar-refractivity contribution in [2.24, 2.45) is 0 Å². The molecule has 2 aromatic rings. The number of nitrogens with one attached hydrogen (secondary N) is 1. The van der Waals surface area contributed by atoms with E-state index in [1.54, 1.807) is 0 Å². The Bertz CT molecular complexity index is 671. The van der Waals surface area contributed by atoms with Crippen LogP contribution in [0.25, 0.3) is 0 Å². The predicted octanol–water partition coefficient (Wildman–Crippen LogP) is 3.14. The zero-order valence-electron chi connectivity index (χ0n) is 13.0. The number of hydrogen-bond acceptors (Lipinski definition) is 3. The lowest BCUT2D eigenvalue weighted by Gasteiger charge is -2.38. The van der Waals surface area contributed by atoms with Gasteiger partial charge in [0.25, 0.3) is 0 Å². The van der Waals surface area contributed by atoms with E-state index in [-0.39, 0.29) is 13.2 Å². The molecule has 3 rings (SSSR count). The molecular weight excluding hydrogens is 290 g/mol. The van der Waals surface area contributed by atoms with E-state index in [0.29, 0.717) is 6.42 Å². The number of amides is 1. The molecule has 2 N–H and O–H groups in total. The van der Waals surface area contributed by atoms with Crippen LogP contribution in [-0.2, 0) is 23.3 Å². The molecule has 4 nitrogen and oxygen atoms in total. The van der Waals surface area contributed by atoms with Gasteiger partial charge in [0.2, 0.25) is 0 Å². The first kappa shape index (κ1) is 15.6. The zero-order chi connectivity index (χ0) is 16.1. The number of alkyl carbamates (subject to hydrolysis) is 1. The third-order valence-electron chi connectivity index (χ3n) is 4.41. The van der Waals surface area contributed by atoms with E-state index < -0.39 is 11.6 Å². The maximum Gasteiger partial charge on any atom is 0.408 e. The van der Waals surface area contributed by atoms with Crippen LogP contribution in [-0.4, -0.2) is 17.8 Å². The zero-order valence-corrected chi connectivity index (χ0v) is 13.0. The van der Waals surface area contributed by atoms with E-state index in [0.717, 1.165) is 24.0 Å². The highest BCUT2D eigenvalue weighted by Crippen LogP contribution is 2.35. The third kappa shape index (κ3) is 3.37. The molecule has 1 aliphatic carbocycles. The van der Waals surface area contributed by atoms with Crippen LogP contribution in [0.2, 0.25) is 0 Å². The average Bonchev–Trinajstić information content (AvgIpc) is 2.61. The molecule has 0 saturated heterocycles. The van der Waals surface area contributed by atoms with Crippen molar-refractivity contribution in [2.45, 2.75) is 31.4 Å². The summed E-state index contributed by atoms with van der Waals surface area (Å²) in [4.78, 5) is 12.2. The lowest BCUT2D eigenvalue weighted by Crippen LogP contribution is -2.50. The minimum absolute atomic E-state index is 0.134. The van der Waals surface area contributed by atoms with Gasteiger partial charge in [0, 0.05) is 0 Å². The van der Waals surface area contributed by atoms with Crippen molar-refractivity contribution < 1.29 is 14.6 Å². The van der Waals surface area contributed by atoms with Crippen LogP contribution in [0.5, 0.6) is 0 Å². The summed E-state index contributed by atoms with van der Waals surface area (Å²) in [5, 5.41) is 12.8. The van der Waals surface area contributed by atoms with Crippen molar-refractivity contribution in [3.05, 3.63) is 71.3 Å². The Labute approximate surface area is 136 Å². The van der Waals surface area contributed by atoms with Gasteiger partial charge in [-0.2, -0.15) is 0 Å². The topological polar surface area (TPSA) is 58.6 Å². The minimum Gasteiger partial charge on any atom is -0.445 e. The fraction of sp³-hybridized carbons (Fsp3) is 0.316. The second kappa shape index (κ2) is 6.84. The van der Waals surface area contributed by atoms with Crippen LogP contribution in [0, 0.1) is 0 Å². The van der Waals surface area contributed by atoms with Crippen LogP contribution >= 0.6 is 0 Å². The summed E-state index contributed by atoms with van der Waals surface area (Å²) in [7, 11) is 0. The SMILES string of the molecule is O=C(NC1(CO)CCCc2ccccc21)OCc1ccccc1. The number of carbonyl (C=O) groups excluding carboxylic acids is 1. The quantitative estimate of drug-likeness (QED) is 0.912. The maximum atomic E-state index is 12.2. The largest absolute Gasteiger partial charge is 0.445 e. The van der Waals surface area contributed by atoms with E-state index in [2.05, 4.69) is 11.4 Å². The molecule has 4 heteroatoms. The summed E-state index contributed by atoms with van der Waals surface area (Å²) in [5.41, 5.74) is 2.36. The van der Waals surface area contributed by atoms with Crippen molar-refractivity contribution in [1.82, 2.24) is 5.32 Å². The second-order valence-electron chi connectivity index (χ2n) is 5.94. The summed E-state index contributed by atoms with van der Waals surface area (Å²) in [5.74, 6) is 0. The van der Waals surface area contributed by atoms with Gasteiger partial charge in [-0.15, -0.1) is 0 Å². The number of aliphatic hydroxyl groups excluding tert-OH is 1. The molecule has 1 unspecified atom stereocenters. The second-order valence-corrected chi connectivity index (χ2v) is 5.94. The lowest BCUT2D eigenvalue weighted by molar-refractivity contribution is 0.0980. The standard InChI is InChI=1S/C19H21NO3/c21-14-19(12-6-10-16-9-4-5-11-17(16)19)20-18(22)23-13-15-7-2-1-3-8-15/h1-5,7-9,11,21H,6,10,12-14H2,(H,20,22). The van der Waals surface area contributed by atoms with Crippen LogP contribution in [0.1, 0.15) is 29.5 Å². The number of benzene rings is 2. The van der Waals surface area contributed by atoms with Crippen molar-refractivity contribution in [3.63, 3.8) is 0 Å². The highest BCUT2D eigenvalue weighted by molar-refractivity contribution is 5.69. The summed E-state index contributed by atoms with van der Waals surface area (Å²) in [6, 6.07) is 17.5. The number of aliphatic hydroxyl groups is 1. The smallest absolute Gasteiger partial charge is 0.408 e. The number of ether oxygens (including phenoxy) is 1. The Morgan fingerprint density at radius 2 is 1.87 bits per heavy atom. The molecule has 0 fully saturated rings. The maximum absolute atomic E-state index is 12.2. The first-order valence-electron chi connectivity index (χ1n) is 7.92. The highest BCUT2D eigenvalue weighted by atomic mass is 16.5. The van der Waals surface area contributed by atoms with Gasteiger partial charge in [-0.05, 0) is 36.0 Å². The lowest BCUT2D eigenvalue weighted by atomic mass is 9.77. The Morgan fingerprint density at radius 3 is 2.65 bits per heavy atom. The molecule has 1 aliphatic rings. The van der Waals surface area contributed by atoms with Gasteiger partial charge in [-0.25, -0.2) is 4.79 Å². The summed E-state index contributed by atoms with van der Waals surface area (Å²) >= 11 is 0. The first-order valence-corrected chi connectivity index (χ1v) is 7.92. The summed E-state index contributed by atoms with van der Waals surface area (Å²) < 4.78 is 5.31. The van der Waals surface area contributed by atoms with Gasteiger partial charge in [0.15, 0.2) is 0 Å². The minimum atomic E-state index is -0.747. The highest BCUT2D eigenvalue weighted by Gasteiger charge is 2.37. The van der Waals surface area contributed by atoms with Crippen LogP contribution in [0.15, 0.2) is 54.6 Å². The number of aryl methyl sites for hydroxylation is 1. The molecule has 1 amide bonds. The Kier molecular flexibility index (Phi) is 4.63. The van der Waals surface area contributed by atoms with Crippen LogP contribution in [0.3, 0.4) is 0 Å². The molecular formula is C19H21NO3. The number of fused-ring (bicyclic) bond motifs is 1. The Balaban J connectivity index is 1.71. The van der Waals surface area contributed by atoms with E-state index >= 15 is 0 Å². The molecule has 0 saturated carbocycles.